The van der Waals surface area contributed by atoms with Gasteiger partial charge in [-0.05, 0) is 36.6 Å². The van der Waals surface area contributed by atoms with Gasteiger partial charge in [0.25, 0.3) is 0 Å². The number of amides is 2. The maximum absolute atomic E-state index is 13.2. The first kappa shape index (κ1) is 15.8. The van der Waals surface area contributed by atoms with Crippen molar-refractivity contribution in [1.82, 2.24) is 15.2 Å². The number of hydrogen-bond acceptors (Lipinski definition) is 1. The Morgan fingerprint density at radius 3 is 2.91 bits per heavy atom. The van der Waals surface area contributed by atoms with E-state index in [1.54, 1.807) is 18.0 Å². The minimum absolute atomic E-state index is 0.0622. The molecule has 1 aliphatic rings. The number of benzene rings is 1. The number of nitrogens with zero attached hydrogens (tertiary/aromatic N) is 1. The summed E-state index contributed by atoms with van der Waals surface area (Å²) in [5.74, 6) is 0.533. The van der Waals surface area contributed by atoms with Crippen LogP contribution in [0.1, 0.15) is 37.8 Å². The second kappa shape index (κ2) is 7.02. The average molecular weight is 317 g/mol. The van der Waals surface area contributed by atoms with Gasteiger partial charge < -0.3 is 15.2 Å². The molecule has 1 heterocycles. The number of halogens is 1. The van der Waals surface area contributed by atoms with Crippen LogP contribution in [0, 0.1) is 11.7 Å². The van der Waals surface area contributed by atoms with E-state index in [2.05, 4.69) is 10.3 Å². The lowest BCUT2D eigenvalue weighted by molar-refractivity contribution is 0.205. The van der Waals surface area contributed by atoms with E-state index in [9.17, 15) is 9.18 Å². The van der Waals surface area contributed by atoms with Gasteiger partial charge in [0.2, 0.25) is 0 Å². The lowest BCUT2D eigenvalue weighted by atomic mass is 10.0. The highest BCUT2D eigenvalue weighted by molar-refractivity contribution is 5.80. The Hall–Kier alpha value is -2.04. The van der Waals surface area contributed by atoms with Crippen molar-refractivity contribution in [3.63, 3.8) is 0 Å². The predicted octanol–water partition coefficient (Wildman–Crippen LogP) is 4.03. The highest BCUT2D eigenvalue weighted by atomic mass is 19.1. The van der Waals surface area contributed by atoms with Crippen molar-refractivity contribution in [2.45, 2.75) is 38.6 Å². The Labute approximate surface area is 136 Å². The van der Waals surface area contributed by atoms with Gasteiger partial charge in [0.05, 0.1) is 6.54 Å². The van der Waals surface area contributed by atoms with Crippen molar-refractivity contribution in [3.8, 4) is 0 Å². The largest absolute Gasteiger partial charge is 0.357 e. The molecule has 5 heteroatoms. The van der Waals surface area contributed by atoms with Crippen LogP contribution in [0.4, 0.5) is 9.18 Å². The molecule has 0 atom stereocenters. The first-order valence-corrected chi connectivity index (χ1v) is 8.38. The molecule has 0 spiro atoms. The third-order valence-corrected chi connectivity index (χ3v) is 4.70. The standard InChI is InChI=1S/C18H24FN3O/c1-22(18(23)20-9-8-13-4-2-3-5-13)12-16-11-14-10-15(19)6-7-17(14)21-16/h6-7,10-11,13,21H,2-5,8-9,12H2,1H3,(H,20,23). The Morgan fingerprint density at radius 2 is 2.13 bits per heavy atom. The van der Waals surface area contributed by atoms with Crippen LogP contribution in [0.2, 0.25) is 0 Å². The summed E-state index contributed by atoms with van der Waals surface area (Å²) in [5, 5.41) is 3.81. The van der Waals surface area contributed by atoms with Gasteiger partial charge in [-0.3, -0.25) is 0 Å². The van der Waals surface area contributed by atoms with E-state index in [1.165, 1.54) is 37.8 Å². The number of H-pyrrole nitrogens is 1. The second-order valence-corrected chi connectivity index (χ2v) is 6.55. The van der Waals surface area contributed by atoms with E-state index in [-0.39, 0.29) is 11.8 Å². The van der Waals surface area contributed by atoms with Crippen molar-refractivity contribution >= 4 is 16.9 Å². The molecular formula is C18H24FN3O. The molecule has 2 aromatic rings. The number of aromatic amines is 1. The summed E-state index contributed by atoms with van der Waals surface area (Å²) >= 11 is 0. The molecule has 0 aliphatic heterocycles. The number of carbonyl (C=O) groups is 1. The number of fused-ring (bicyclic) bond motifs is 1. The fourth-order valence-corrected chi connectivity index (χ4v) is 3.39. The zero-order valence-corrected chi connectivity index (χ0v) is 13.6. The van der Waals surface area contributed by atoms with Gasteiger partial charge in [0.1, 0.15) is 5.82 Å². The monoisotopic (exact) mass is 317 g/mol. The van der Waals surface area contributed by atoms with E-state index in [1.807, 2.05) is 6.07 Å². The zero-order chi connectivity index (χ0) is 16.2. The lowest BCUT2D eigenvalue weighted by Gasteiger charge is -2.18. The Kier molecular flexibility index (Phi) is 4.84. The lowest BCUT2D eigenvalue weighted by Crippen LogP contribution is -2.37. The van der Waals surface area contributed by atoms with Crippen LogP contribution < -0.4 is 5.32 Å². The molecule has 1 aromatic carbocycles. The van der Waals surface area contributed by atoms with Gasteiger partial charge in [-0.2, -0.15) is 0 Å². The maximum Gasteiger partial charge on any atom is 0.317 e. The van der Waals surface area contributed by atoms with E-state index < -0.39 is 0 Å². The number of aromatic nitrogens is 1. The van der Waals surface area contributed by atoms with Crippen molar-refractivity contribution in [1.29, 1.82) is 0 Å². The van der Waals surface area contributed by atoms with E-state index in [4.69, 9.17) is 0 Å². The van der Waals surface area contributed by atoms with Gasteiger partial charge in [0.15, 0.2) is 0 Å². The molecule has 0 radical (unpaired) electrons. The van der Waals surface area contributed by atoms with Gasteiger partial charge in [-0.15, -0.1) is 0 Å². The molecule has 1 aliphatic carbocycles. The summed E-state index contributed by atoms with van der Waals surface area (Å²) in [6.45, 7) is 1.22. The Bertz CT molecular complexity index is 676. The number of carbonyl (C=O) groups excluding carboxylic acids is 1. The van der Waals surface area contributed by atoms with Crippen molar-refractivity contribution in [2.24, 2.45) is 5.92 Å². The van der Waals surface area contributed by atoms with Crippen LogP contribution in [0.15, 0.2) is 24.3 Å². The highest BCUT2D eigenvalue weighted by Crippen LogP contribution is 2.26. The second-order valence-electron chi connectivity index (χ2n) is 6.55. The molecule has 0 saturated heterocycles. The first-order valence-electron chi connectivity index (χ1n) is 8.38. The molecule has 124 valence electrons. The minimum Gasteiger partial charge on any atom is -0.357 e. The van der Waals surface area contributed by atoms with Gasteiger partial charge in [0, 0.05) is 30.2 Å². The molecule has 1 fully saturated rings. The van der Waals surface area contributed by atoms with Crippen LogP contribution in [0.5, 0.6) is 0 Å². The molecule has 3 rings (SSSR count). The summed E-state index contributed by atoms with van der Waals surface area (Å²) in [6.07, 6.45) is 6.35. The topological polar surface area (TPSA) is 48.1 Å². The average Bonchev–Trinajstić information content (AvgIpc) is 3.15. The number of hydrogen-bond donors (Lipinski definition) is 2. The van der Waals surface area contributed by atoms with Crippen molar-refractivity contribution < 1.29 is 9.18 Å². The van der Waals surface area contributed by atoms with Crippen molar-refractivity contribution in [3.05, 3.63) is 35.8 Å². The molecule has 4 nitrogen and oxygen atoms in total. The van der Waals surface area contributed by atoms with Crippen molar-refractivity contribution in [2.75, 3.05) is 13.6 Å². The summed E-state index contributed by atoms with van der Waals surface area (Å²) in [7, 11) is 1.77. The molecule has 1 aromatic heterocycles. The molecular weight excluding hydrogens is 293 g/mol. The summed E-state index contributed by atoms with van der Waals surface area (Å²) in [6, 6.07) is 6.48. The normalized spacial score (nSPS) is 15.2. The van der Waals surface area contributed by atoms with Crippen LogP contribution in [0.25, 0.3) is 10.9 Å². The summed E-state index contributed by atoms with van der Waals surface area (Å²) in [4.78, 5) is 17.0. The minimum atomic E-state index is -0.249. The fraction of sp³-hybridized carbons (Fsp3) is 0.500. The van der Waals surface area contributed by atoms with Crippen LogP contribution in [-0.2, 0) is 6.54 Å². The molecule has 0 bridgehead atoms. The van der Waals surface area contributed by atoms with Crippen LogP contribution in [-0.4, -0.2) is 29.5 Å². The maximum atomic E-state index is 13.2. The molecule has 23 heavy (non-hydrogen) atoms. The molecule has 2 amide bonds. The summed E-state index contributed by atoms with van der Waals surface area (Å²) in [5.41, 5.74) is 1.79. The highest BCUT2D eigenvalue weighted by Gasteiger charge is 2.16. The van der Waals surface area contributed by atoms with E-state index in [0.717, 1.165) is 35.5 Å². The third kappa shape index (κ3) is 4.03. The van der Waals surface area contributed by atoms with Crippen LogP contribution >= 0.6 is 0 Å². The van der Waals surface area contributed by atoms with Gasteiger partial charge in [-0.25, -0.2) is 9.18 Å². The van der Waals surface area contributed by atoms with Gasteiger partial charge in [-0.1, -0.05) is 25.7 Å². The fourth-order valence-electron chi connectivity index (χ4n) is 3.39. The molecule has 1 saturated carbocycles. The quantitative estimate of drug-likeness (QED) is 0.859. The Balaban J connectivity index is 1.50. The number of rotatable bonds is 5. The number of nitrogens with one attached hydrogen (secondary N) is 2. The predicted molar refractivity (Wildman–Crippen MR) is 89.7 cm³/mol. The SMILES string of the molecule is CN(Cc1cc2cc(F)ccc2[nH]1)C(=O)NCCC1CCCC1. The van der Waals surface area contributed by atoms with E-state index in [0.29, 0.717) is 6.54 Å². The Morgan fingerprint density at radius 1 is 1.35 bits per heavy atom. The van der Waals surface area contributed by atoms with Gasteiger partial charge >= 0.3 is 6.03 Å². The molecule has 2 N–H and O–H groups in total. The molecule has 0 unspecified atom stereocenters. The number of urea groups is 1. The first-order chi connectivity index (χ1) is 11.1. The smallest absolute Gasteiger partial charge is 0.317 e. The third-order valence-electron chi connectivity index (χ3n) is 4.70. The van der Waals surface area contributed by atoms with Crippen LogP contribution in [0.3, 0.4) is 0 Å². The zero-order valence-electron chi connectivity index (χ0n) is 13.6. The summed E-state index contributed by atoms with van der Waals surface area (Å²) < 4.78 is 13.2. The van der Waals surface area contributed by atoms with E-state index >= 15 is 0 Å².